The van der Waals surface area contributed by atoms with Gasteiger partial charge in [0, 0.05) is 0 Å². The van der Waals surface area contributed by atoms with Crippen LogP contribution >= 0.6 is 23.5 Å². The van der Waals surface area contributed by atoms with Crippen LogP contribution in [0.4, 0.5) is 0 Å². The molecule has 2 saturated heterocycles. The van der Waals surface area contributed by atoms with E-state index in [1.165, 1.54) is 48.7 Å². The highest BCUT2D eigenvalue weighted by Gasteiger charge is 2.45. The second-order valence-corrected chi connectivity index (χ2v) is 7.52. The van der Waals surface area contributed by atoms with Crippen LogP contribution in [0.15, 0.2) is 0 Å². The predicted octanol–water partition coefficient (Wildman–Crippen LogP) is 3.41. The molecule has 0 radical (unpaired) electrons. The molecule has 2 atom stereocenters. The zero-order chi connectivity index (χ0) is 11.4. The number of hydrogen-bond donors (Lipinski definition) is 1. The third-order valence-electron chi connectivity index (χ3n) is 4.20. The molecule has 1 nitrogen and oxygen atoms in total. The minimum atomic E-state index is -0.330. The Bertz CT molecular complexity index is 192. The molecule has 2 fully saturated rings. The van der Waals surface area contributed by atoms with Crippen LogP contribution in [0, 0.1) is 11.8 Å². The lowest BCUT2D eigenvalue weighted by atomic mass is 9.73. The first kappa shape index (κ1) is 13.1. The second-order valence-electron chi connectivity index (χ2n) is 5.22. The van der Waals surface area contributed by atoms with E-state index in [0.717, 1.165) is 6.42 Å². The van der Waals surface area contributed by atoms with Crippen LogP contribution < -0.4 is 0 Å². The van der Waals surface area contributed by atoms with E-state index >= 15 is 0 Å². The maximum absolute atomic E-state index is 11.1. The fraction of sp³-hybridized carbons (Fsp3) is 1.00. The number of thioether (sulfide) groups is 2. The van der Waals surface area contributed by atoms with Crippen LogP contribution in [-0.2, 0) is 0 Å². The van der Waals surface area contributed by atoms with Crippen molar-refractivity contribution in [3.8, 4) is 0 Å². The topological polar surface area (TPSA) is 20.2 Å². The first-order chi connectivity index (χ1) is 7.77. The fourth-order valence-electron chi connectivity index (χ4n) is 3.06. The van der Waals surface area contributed by atoms with Crippen molar-refractivity contribution >= 4 is 23.5 Å². The average Bonchev–Trinajstić information content (AvgIpc) is 2.96. The Kier molecular flexibility index (Phi) is 4.92. The quantitative estimate of drug-likeness (QED) is 0.818. The highest BCUT2D eigenvalue weighted by atomic mass is 32.2. The summed E-state index contributed by atoms with van der Waals surface area (Å²) in [5.74, 6) is 6.07. The molecular formula is C13H24OS2. The van der Waals surface area contributed by atoms with Crippen LogP contribution in [0.2, 0.25) is 0 Å². The van der Waals surface area contributed by atoms with Crippen molar-refractivity contribution in [2.75, 3.05) is 23.0 Å². The normalized spacial score (nSPS) is 34.1. The number of hydrogen-bond acceptors (Lipinski definition) is 3. The van der Waals surface area contributed by atoms with Crippen molar-refractivity contribution in [2.24, 2.45) is 11.8 Å². The smallest absolute Gasteiger partial charge is 0.0720 e. The summed E-state index contributed by atoms with van der Waals surface area (Å²) in [5.41, 5.74) is -0.330. The van der Waals surface area contributed by atoms with Crippen molar-refractivity contribution in [3.05, 3.63) is 0 Å². The van der Waals surface area contributed by atoms with Crippen LogP contribution in [0.5, 0.6) is 0 Å². The van der Waals surface area contributed by atoms with Gasteiger partial charge in [-0.2, -0.15) is 23.5 Å². The molecule has 2 rings (SSSR count). The maximum atomic E-state index is 11.1. The Morgan fingerprint density at radius 2 is 1.69 bits per heavy atom. The Hall–Kier alpha value is 0.660. The lowest BCUT2D eigenvalue weighted by Crippen LogP contribution is -2.45. The summed E-state index contributed by atoms with van der Waals surface area (Å²) in [5, 5.41) is 11.1. The highest BCUT2D eigenvalue weighted by Crippen LogP contribution is 2.44. The molecule has 0 saturated carbocycles. The first-order valence-electron chi connectivity index (χ1n) is 6.65. The van der Waals surface area contributed by atoms with Crippen molar-refractivity contribution in [1.82, 2.24) is 0 Å². The minimum absolute atomic E-state index is 0.330. The molecular weight excluding hydrogens is 236 g/mol. The van der Waals surface area contributed by atoms with E-state index in [1.54, 1.807) is 0 Å². The molecule has 2 aliphatic heterocycles. The molecule has 2 heterocycles. The molecule has 0 aromatic carbocycles. The largest absolute Gasteiger partial charge is 0.389 e. The molecule has 0 aromatic heterocycles. The molecule has 0 spiro atoms. The van der Waals surface area contributed by atoms with E-state index < -0.39 is 0 Å². The van der Waals surface area contributed by atoms with Crippen LogP contribution in [0.1, 0.15) is 39.0 Å². The zero-order valence-corrected chi connectivity index (χ0v) is 11.9. The van der Waals surface area contributed by atoms with E-state index in [1.807, 2.05) is 23.5 Å². The summed E-state index contributed by atoms with van der Waals surface area (Å²) in [4.78, 5) is 0. The van der Waals surface area contributed by atoms with E-state index in [-0.39, 0.29) is 5.60 Å². The van der Waals surface area contributed by atoms with Gasteiger partial charge < -0.3 is 5.11 Å². The van der Waals surface area contributed by atoms with Crippen molar-refractivity contribution < 1.29 is 5.11 Å². The van der Waals surface area contributed by atoms with Gasteiger partial charge in [0.25, 0.3) is 0 Å². The number of rotatable bonds is 5. The molecule has 16 heavy (non-hydrogen) atoms. The molecule has 0 aromatic rings. The van der Waals surface area contributed by atoms with E-state index in [0.29, 0.717) is 11.8 Å². The molecule has 3 heteroatoms. The molecule has 0 bridgehead atoms. The number of unbranched alkanes of at least 4 members (excludes halogenated alkanes) is 1. The van der Waals surface area contributed by atoms with Crippen molar-refractivity contribution in [1.29, 1.82) is 0 Å². The summed E-state index contributed by atoms with van der Waals surface area (Å²) in [7, 11) is 0. The van der Waals surface area contributed by atoms with Gasteiger partial charge in [0.15, 0.2) is 0 Å². The monoisotopic (exact) mass is 260 g/mol. The van der Waals surface area contributed by atoms with Gasteiger partial charge in [-0.1, -0.05) is 19.8 Å². The molecule has 0 aliphatic carbocycles. The average molecular weight is 260 g/mol. The van der Waals surface area contributed by atoms with Crippen LogP contribution in [0.25, 0.3) is 0 Å². The lowest BCUT2D eigenvalue weighted by Gasteiger charge is -2.39. The summed E-state index contributed by atoms with van der Waals surface area (Å²) in [6.45, 7) is 2.23. The molecule has 1 N–H and O–H groups in total. The van der Waals surface area contributed by atoms with Gasteiger partial charge in [0.2, 0.25) is 0 Å². The molecule has 2 aliphatic rings. The minimum Gasteiger partial charge on any atom is -0.389 e. The van der Waals surface area contributed by atoms with E-state index in [4.69, 9.17) is 0 Å². The summed E-state index contributed by atoms with van der Waals surface area (Å²) in [6.07, 6.45) is 5.93. The van der Waals surface area contributed by atoms with Gasteiger partial charge in [-0.3, -0.25) is 0 Å². The summed E-state index contributed by atoms with van der Waals surface area (Å²) in [6, 6.07) is 0. The third-order valence-corrected chi connectivity index (χ3v) is 6.53. The standard InChI is InChI=1S/C13H24OS2/c1-2-3-6-13(14,11-4-7-15-9-11)12-5-8-16-10-12/h11-12,14H,2-10H2,1H3. The Morgan fingerprint density at radius 1 is 1.12 bits per heavy atom. The van der Waals surface area contributed by atoms with Crippen molar-refractivity contribution in [2.45, 2.75) is 44.6 Å². The fourth-order valence-corrected chi connectivity index (χ4v) is 5.77. The third kappa shape index (κ3) is 2.73. The van der Waals surface area contributed by atoms with Crippen molar-refractivity contribution in [3.63, 3.8) is 0 Å². The van der Waals surface area contributed by atoms with Gasteiger partial charge in [0.1, 0.15) is 0 Å². The SMILES string of the molecule is CCCCC(O)(C1CCSC1)C1CCSC1. The predicted molar refractivity (Wildman–Crippen MR) is 75.3 cm³/mol. The van der Waals surface area contributed by atoms with Gasteiger partial charge >= 0.3 is 0 Å². The maximum Gasteiger partial charge on any atom is 0.0720 e. The summed E-state index contributed by atoms with van der Waals surface area (Å²) >= 11 is 4.07. The van der Waals surface area contributed by atoms with E-state index in [2.05, 4.69) is 6.92 Å². The second kappa shape index (κ2) is 6.01. The Balaban J connectivity index is 2.03. The molecule has 2 unspecified atom stereocenters. The van der Waals surface area contributed by atoms with Crippen LogP contribution in [-0.4, -0.2) is 33.7 Å². The van der Waals surface area contributed by atoms with Gasteiger partial charge in [-0.15, -0.1) is 0 Å². The van der Waals surface area contributed by atoms with Crippen LogP contribution in [0.3, 0.4) is 0 Å². The molecule has 0 amide bonds. The first-order valence-corrected chi connectivity index (χ1v) is 8.96. The zero-order valence-electron chi connectivity index (χ0n) is 10.3. The Labute approximate surface area is 108 Å². The Morgan fingerprint density at radius 3 is 2.06 bits per heavy atom. The van der Waals surface area contributed by atoms with Gasteiger partial charge in [0.05, 0.1) is 5.60 Å². The lowest BCUT2D eigenvalue weighted by molar-refractivity contribution is -0.0618. The highest BCUT2D eigenvalue weighted by molar-refractivity contribution is 7.99. The van der Waals surface area contributed by atoms with Gasteiger partial charge in [-0.25, -0.2) is 0 Å². The van der Waals surface area contributed by atoms with E-state index in [9.17, 15) is 5.11 Å². The molecule has 94 valence electrons. The van der Waals surface area contributed by atoms with Gasteiger partial charge in [-0.05, 0) is 54.1 Å². The number of aliphatic hydroxyl groups is 1. The summed E-state index contributed by atoms with van der Waals surface area (Å²) < 4.78 is 0.